The first-order chi connectivity index (χ1) is 12.4. The molecule has 0 aliphatic heterocycles. The molecule has 26 heavy (non-hydrogen) atoms. The maximum absolute atomic E-state index is 13.5. The molecule has 0 aliphatic carbocycles. The lowest BCUT2D eigenvalue weighted by molar-refractivity contribution is -0.128. The van der Waals surface area contributed by atoms with E-state index in [9.17, 15) is 18.0 Å². The van der Waals surface area contributed by atoms with Crippen LogP contribution < -0.4 is 0 Å². The highest BCUT2D eigenvalue weighted by Gasteiger charge is 2.31. The molecule has 1 aromatic heterocycles. The quantitative estimate of drug-likeness (QED) is 0.641. The van der Waals surface area contributed by atoms with Crippen LogP contribution in [0.15, 0.2) is 30.5 Å². The van der Waals surface area contributed by atoms with Crippen molar-refractivity contribution in [3.8, 4) is 0 Å². The Kier molecular flexibility index (Phi) is 7.05. The molecule has 0 fully saturated rings. The van der Waals surface area contributed by atoms with Crippen LogP contribution in [0, 0.1) is 0 Å². The van der Waals surface area contributed by atoms with E-state index in [0.29, 0.717) is 11.4 Å². The standard InChI is InChI=1S/C17H19ClF3N3O2/c1-23-10-14(15(22-23)16(20)21)17(25)24(26-2)13(9-19)8-5-11-3-6-12(18)7-4-11/h3-4,6-7,10,13,16H,5,8-9H2,1-2H3. The second-order valence-electron chi connectivity index (χ2n) is 5.69. The Hall–Kier alpha value is -2.06. The molecule has 0 spiro atoms. The summed E-state index contributed by atoms with van der Waals surface area (Å²) in [6, 6.07) is 6.10. The summed E-state index contributed by atoms with van der Waals surface area (Å²) in [7, 11) is 2.62. The second-order valence-corrected chi connectivity index (χ2v) is 6.13. The molecule has 5 nitrogen and oxygen atoms in total. The Balaban J connectivity index is 2.15. The van der Waals surface area contributed by atoms with Crippen molar-refractivity contribution in [3.63, 3.8) is 0 Å². The van der Waals surface area contributed by atoms with Crippen LogP contribution in [0.1, 0.15) is 34.5 Å². The number of aromatic nitrogens is 2. The van der Waals surface area contributed by atoms with E-state index in [0.717, 1.165) is 15.3 Å². The number of halogens is 4. The van der Waals surface area contributed by atoms with Gasteiger partial charge in [-0.05, 0) is 30.5 Å². The average Bonchev–Trinajstić information content (AvgIpc) is 3.01. The van der Waals surface area contributed by atoms with Gasteiger partial charge in [0, 0.05) is 18.3 Å². The number of carbonyl (C=O) groups is 1. The summed E-state index contributed by atoms with van der Waals surface area (Å²) in [5.41, 5.74) is -0.0600. The van der Waals surface area contributed by atoms with Gasteiger partial charge in [0.1, 0.15) is 12.4 Å². The van der Waals surface area contributed by atoms with Gasteiger partial charge in [0.25, 0.3) is 12.3 Å². The normalized spacial score (nSPS) is 12.4. The number of hydrogen-bond donors (Lipinski definition) is 0. The van der Waals surface area contributed by atoms with Gasteiger partial charge in [0.15, 0.2) is 0 Å². The number of nitrogens with zero attached hydrogens (tertiary/aromatic N) is 3. The number of carbonyl (C=O) groups excluding carboxylic acids is 1. The Morgan fingerprint density at radius 1 is 1.35 bits per heavy atom. The summed E-state index contributed by atoms with van der Waals surface area (Å²) in [5, 5.41) is 4.97. The molecule has 2 aromatic rings. The lowest BCUT2D eigenvalue weighted by atomic mass is 10.1. The highest BCUT2D eigenvalue weighted by atomic mass is 35.5. The van der Waals surface area contributed by atoms with E-state index in [-0.39, 0.29) is 12.0 Å². The van der Waals surface area contributed by atoms with Gasteiger partial charge >= 0.3 is 0 Å². The predicted molar refractivity (Wildman–Crippen MR) is 90.9 cm³/mol. The summed E-state index contributed by atoms with van der Waals surface area (Å²) >= 11 is 5.82. The first-order valence-corrected chi connectivity index (χ1v) is 8.25. The second kappa shape index (κ2) is 9.05. The van der Waals surface area contributed by atoms with Crippen molar-refractivity contribution < 1.29 is 22.8 Å². The number of benzene rings is 1. The van der Waals surface area contributed by atoms with Crippen molar-refractivity contribution >= 4 is 17.5 Å². The molecular weight excluding hydrogens is 371 g/mol. The van der Waals surface area contributed by atoms with Crippen LogP contribution in [0.2, 0.25) is 5.02 Å². The minimum absolute atomic E-state index is 0.252. The van der Waals surface area contributed by atoms with Crippen LogP contribution in [0.5, 0.6) is 0 Å². The minimum atomic E-state index is -2.92. The van der Waals surface area contributed by atoms with Crippen LogP contribution in [0.4, 0.5) is 13.2 Å². The number of hydrogen-bond acceptors (Lipinski definition) is 3. The molecule has 1 heterocycles. The fourth-order valence-corrected chi connectivity index (χ4v) is 2.72. The molecule has 0 radical (unpaired) electrons. The van der Waals surface area contributed by atoms with Gasteiger partial charge in [0.05, 0.1) is 18.7 Å². The maximum Gasteiger partial charge on any atom is 0.282 e. The van der Waals surface area contributed by atoms with Crippen LogP contribution in [-0.4, -0.2) is 40.6 Å². The van der Waals surface area contributed by atoms with Gasteiger partial charge in [-0.25, -0.2) is 18.2 Å². The Labute approximate surface area is 154 Å². The van der Waals surface area contributed by atoms with Crippen LogP contribution >= 0.6 is 11.6 Å². The molecule has 142 valence electrons. The molecule has 0 aliphatic rings. The fourth-order valence-electron chi connectivity index (χ4n) is 2.59. The third-order valence-corrected chi connectivity index (χ3v) is 4.13. The first kappa shape index (κ1) is 20.3. The molecule has 1 unspecified atom stereocenters. The Morgan fingerprint density at radius 2 is 2.00 bits per heavy atom. The van der Waals surface area contributed by atoms with Crippen molar-refractivity contribution in [2.24, 2.45) is 7.05 Å². The van der Waals surface area contributed by atoms with Crippen molar-refractivity contribution in [2.75, 3.05) is 13.8 Å². The molecule has 0 bridgehead atoms. The molecule has 0 saturated heterocycles. The van der Waals surface area contributed by atoms with Gasteiger partial charge in [-0.3, -0.25) is 14.3 Å². The van der Waals surface area contributed by atoms with E-state index < -0.39 is 30.7 Å². The molecule has 1 aromatic carbocycles. The van der Waals surface area contributed by atoms with Crippen molar-refractivity contribution in [1.29, 1.82) is 0 Å². The summed E-state index contributed by atoms with van der Waals surface area (Å²) in [5.74, 6) is -0.852. The lowest BCUT2D eigenvalue weighted by Gasteiger charge is -2.27. The predicted octanol–water partition coefficient (Wildman–Crippen LogP) is 3.99. The number of amides is 1. The van der Waals surface area contributed by atoms with E-state index in [4.69, 9.17) is 16.4 Å². The smallest absolute Gasteiger partial charge is 0.275 e. The van der Waals surface area contributed by atoms with Crippen LogP contribution in [0.3, 0.4) is 0 Å². The fraction of sp³-hybridized carbons (Fsp3) is 0.412. The van der Waals surface area contributed by atoms with E-state index in [1.165, 1.54) is 20.4 Å². The topological polar surface area (TPSA) is 47.4 Å². The highest BCUT2D eigenvalue weighted by molar-refractivity contribution is 6.30. The van der Waals surface area contributed by atoms with Gasteiger partial charge in [-0.1, -0.05) is 23.7 Å². The number of alkyl halides is 3. The average molecular weight is 390 g/mol. The van der Waals surface area contributed by atoms with Crippen molar-refractivity contribution in [2.45, 2.75) is 25.3 Å². The largest absolute Gasteiger partial charge is 0.282 e. The summed E-state index contributed by atoms with van der Waals surface area (Å²) < 4.78 is 40.8. The molecule has 2 rings (SSSR count). The monoisotopic (exact) mass is 389 g/mol. The highest BCUT2D eigenvalue weighted by Crippen LogP contribution is 2.24. The number of aryl methyl sites for hydroxylation is 2. The summed E-state index contributed by atoms with van der Waals surface area (Å²) in [6.07, 6.45) is -1.04. The minimum Gasteiger partial charge on any atom is -0.275 e. The Bertz CT molecular complexity index is 737. The number of hydroxylamine groups is 2. The van der Waals surface area contributed by atoms with Gasteiger partial charge in [0.2, 0.25) is 0 Å². The third-order valence-electron chi connectivity index (χ3n) is 3.88. The van der Waals surface area contributed by atoms with Crippen molar-refractivity contribution in [1.82, 2.24) is 14.8 Å². The van der Waals surface area contributed by atoms with E-state index in [1.54, 1.807) is 24.3 Å². The molecule has 1 atom stereocenters. The summed E-state index contributed by atoms with van der Waals surface area (Å²) in [4.78, 5) is 17.6. The molecule has 0 saturated carbocycles. The van der Waals surface area contributed by atoms with Gasteiger partial charge < -0.3 is 0 Å². The zero-order valence-corrected chi connectivity index (χ0v) is 15.1. The van der Waals surface area contributed by atoms with Crippen LogP contribution in [-0.2, 0) is 18.3 Å². The van der Waals surface area contributed by atoms with Crippen molar-refractivity contribution in [3.05, 3.63) is 52.3 Å². The zero-order valence-electron chi connectivity index (χ0n) is 14.3. The van der Waals surface area contributed by atoms with Gasteiger partial charge in [-0.2, -0.15) is 5.10 Å². The molecule has 9 heteroatoms. The zero-order chi connectivity index (χ0) is 19.3. The maximum atomic E-state index is 13.5. The van der Waals surface area contributed by atoms with E-state index >= 15 is 0 Å². The first-order valence-electron chi connectivity index (χ1n) is 7.87. The van der Waals surface area contributed by atoms with E-state index in [1.807, 2.05) is 0 Å². The third kappa shape index (κ3) is 4.76. The Morgan fingerprint density at radius 3 is 2.54 bits per heavy atom. The van der Waals surface area contributed by atoms with E-state index in [2.05, 4.69) is 5.10 Å². The molecular formula is C17H19ClF3N3O2. The molecule has 0 N–H and O–H groups in total. The van der Waals surface area contributed by atoms with Gasteiger partial charge in [-0.15, -0.1) is 0 Å². The summed E-state index contributed by atoms with van der Waals surface area (Å²) in [6.45, 7) is -0.878. The SMILES string of the molecule is CON(C(=O)c1cn(C)nc1C(F)F)C(CF)CCc1ccc(Cl)cc1. The number of rotatable bonds is 8. The molecule has 1 amide bonds. The lowest BCUT2D eigenvalue weighted by Crippen LogP contribution is -2.41. The van der Waals surface area contributed by atoms with Crippen LogP contribution in [0.25, 0.3) is 0 Å².